The van der Waals surface area contributed by atoms with Crippen molar-refractivity contribution in [3.05, 3.63) is 48.5 Å². The van der Waals surface area contributed by atoms with Gasteiger partial charge in [-0.2, -0.15) is 0 Å². The van der Waals surface area contributed by atoms with Crippen LogP contribution in [0.1, 0.15) is 17.3 Å². The lowest BCUT2D eigenvalue weighted by molar-refractivity contribution is -0.118. The number of Topliss-reactive ketones (excluding diaryl/α,β-unsaturated/α-hetero) is 1. The average molecular weight is 287 g/mol. The fourth-order valence-electron chi connectivity index (χ4n) is 1.73. The maximum absolute atomic E-state index is 12.0. The molecule has 21 heavy (non-hydrogen) atoms. The second kappa shape index (κ2) is 7.23. The van der Waals surface area contributed by atoms with Gasteiger partial charge in [0, 0.05) is 31.0 Å². The predicted molar refractivity (Wildman–Crippen MR) is 77.2 cm³/mol. The molecular weight excluding hydrogens is 270 g/mol. The SMILES string of the molecule is CC(=O)COc1cccc(C(=O)NCCn2ccnc2)c1. The van der Waals surface area contributed by atoms with E-state index in [1.807, 2.05) is 10.8 Å². The quantitative estimate of drug-likeness (QED) is 0.832. The van der Waals surface area contributed by atoms with Crippen LogP contribution in [0, 0.1) is 0 Å². The van der Waals surface area contributed by atoms with E-state index < -0.39 is 0 Å². The van der Waals surface area contributed by atoms with Gasteiger partial charge in [0.05, 0.1) is 6.33 Å². The number of carbonyl (C=O) groups is 2. The molecule has 0 aliphatic heterocycles. The van der Waals surface area contributed by atoms with Crippen LogP contribution >= 0.6 is 0 Å². The molecular formula is C15H17N3O3. The van der Waals surface area contributed by atoms with Gasteiger partial charge in [-0.25, -0.2) is 4.98 Å². The highest BCUT2D eigenvalue weighted by Crippen LogP contribution is 2.13. The summed E-state index contributed by atoms with van der Waals surface area (Å²) < 4.78 is 7.16. The van der Waals surface area contributed by atoms with Gasteiger partial charge in [0.2, 0.25) is 0 Å². The van der Waals surface area contributed by atoms with Gasteiger partial charge in [0.1, 0.15) is 12.4 Å². The van der Waals surface area contributed by atoms with Gasteiger partial charge in [-0.15, -0.1) is 0 Å². The van der Waals surface area contributed by atoms with E-state index in [0.29, 0.717) is 24.4 Å². The molecule has 1 amide bonds. The smallest absolute Gasteiger partial charge is 0.251 e. The zero-order valence-corrected chi connectivity index (χ0v) is 11.8. The zero-order chi connectivity index (χ0) is 15.1. The molecule has 0 saturated heterocycles. The maximum atomic E-state index is 12.0. The third-order valence-corrected chi connectivity index (χ3v) is 2.75. The van der Waals surface area contributed by atoms with Crippen LogP contribution in [-0.4, -0.2) is 34.4 Å². The number of ether oxygens (including phenoxy) is 1. The number of benzene rings is 1. The van der Waals surface area contributed by atoms with Crippen LogP contribution in [0.25, 0.3) is 0 Å². The van der Waals surface area contributed by atoms with Gasteiger partial charge in [-0.05, 0) is 25.1 Å². The zero-order valence-electron chi connectivity index (χ0n) is 11.8. The molecule has 0 unspecified atom stereocenters. The highest BCUT2D eigenvalue weighted by atomic mass is 16.5. The number of ketones is 1. The van der Waals surface area contributed by atoms with Gasteiger partial charge in [0.15, 0.2) is 5.78 Å². The topological polar surface area (TPSA) is 73.2 Å². The Balaban J connectivity index is 1.86. The Hall–Kier alpha value is -2.63. The van der Waals surface area contributed by atoms with E-state index in [1.165, 1.54) is 6.92 Å². The van der Waals surface area contributed by atoms with Crippen LogP contribution in [0.3, 0.4) is 0 Å². The third-order valence-electron chi connectivity index (χ3n) is 2.75. The lowest BCUT2D eigenvalue weighted by Crippen LogP contribution is -2.27. The van der Waals surface area contributed by atoms with E-state index in [9.17, 15) is 9.59 Å². The lowest BCUT2D eigenvalue weighted by atomic mass is 10.2. The normalized spacial score (nSPS) is 10.1. The molecule has 1 aromatic heterocycles. The van der Waals surface area contributed by atoms with Crippen LogP contribution in [0.2, 0.25) is 0 Å². The van der Waals surface area contributed by atoms with Crippen molar-refractivity contribution in [2.45, 2.75) is 13.5 Å². The molecule has 6 nitrogen and oxygen atoms in total. The summed E-state index contributed by atoms with van der Waals surface area (Å²) in [6.07, 6.45) is 5.22. The van der Waals surface area contributed by atoms with Gasteiger partial charge >= 0.3 is 0 Å². The van der Waals surface area contributed by atoms with Crippen molar-refractivity contribution in [2.24, 2.45) is 0 Å². The van der Waals surface area contributed by atoms with Crippen LogP contribution in [-0.2, 0) is 11.3 Å². The molecule has 0 fully saturated rings. The Bertz CT molecular complexity index is 608. The molecule has 0 radical (unpaired) electrons. The summed E-state index contributed by atoms with van der Waals surface area (Å²) in [4.78, 5) is 26.8. The van der Waals surface area contributed by atoms with E-state index >= 15 is 0 Å². The van der Waals surface area contributed by atoms with E-state index in [1.54, 1.807) is 36.8 Å². The average Bonchev–Trinajstić information content (AvgIpc) is 2.98. The standard InChI is InChI=1S/C15H17N3O3/c1-12(19)10-21-14-4-2-3-13(9-14)15(20)17-6-8-18-7-5-16-11-18/h2-5,7,9,11H,6,8,10H2,1H3,(H,17,20). The first kappa shape index (κ1) is 14.8. The van der Waals surface area contributed by atoms with Crippen molar-refractivity contribution in [2.75, 3.05) is 13.2 Å². The van der Waals surface area contributed by atoms with Gasteiger partial charge < -0.3 is 14.6 Å². The highest BCUT2D eigenvalue weighted by Gasteiger charge is 2.06. The highest BCUT2D eigenvalue weighted by molar-refractivity contribution is 5.94. The minimum absolute atomic E-state index is 0.00566. The summed E-state index contributed by atoms with van der Waals surface area (Å²) in [7, 11) is 0. The summed E-state index contributed by atoms with van der Waals surface area (Å²) in [5.41, 5.74) is 0.502. The summed E-state index contributed by atoms with van der Waals surface area (Å²) in [5, 5.41) is 2.82. The fraction of sp³-hybridized carbons (Fsp3) is 0.267. The molecule has 0 atom stereocenters. The number of hydrogen-bond donors (Lipinski definition) is 1. The van der Waals surface area contributed by atoms with Crippen molar-refractivity contribution in [1.82, 2.24) is 14.9 Å². The number of hydrogen-bond acceptors (Lipinski definition) is 4. The monoisotopic (exact) mass is 287 g/mol. The Morgan fingerprint density at radius 1 is 1.38 bits per heavy atom. The van der Waals surface area contributed by atoms with Gasteiger partial charge in [0.25, 0.3) is 5.91 Å². The second-order valence-corrected chi connectivity index (χ2v) is 4.57. The van der Waals surface area contributed by atoms with Gasteiger partial charge in [-0.3, -0.25) is 9.59 Å². The molecule has 6 heteroatoms. The second-order valence-electron chi connectivity index (χ2n) is 4.57. The summed E-state index contributed by atoms with van der Waals surface area (Å²) in [6, 6.07) is 6.76. The first-order valence-corrected chi connectivity index (χ1v) is 6.61. The molecule has 2 rings (SSSR count). The Labute approximate surface area is 122 Å². The van der Waals surface area contributed by atoms with Crippen molar-refractivity contribution in [1.29, 1.82) is 0 Å². The Morgan fingerprint density at radius 3 is 2.95 bits per heavy atom. The number of nitrogens with zero attached hydrogens (tertiary/aromatic N) is 2. The first-order chi connectivity index (χ1) is 10.1. The molecule has 0 aliphatic rings. The minimum Gasteiger partial charge on any atom is -0.486 e. The lowest BCUT2D eigenvalue weighted by Gasteiger charge is -2.08. The summed E-state index contributed by atoms with van der Waals surface area (Å²) >= 11 is 0. The number of carbonyl (C=O) groups excluding carboxylic acids is 2. The molecule has 2 aromatic rings. The van der Waals surface area contributed by atoms with E-state index in [-0.39, 0.29) is 18.3 Å². The Morgan fingerprint density at radius 2 is 2.24 bits per heavy atom. The molecule has 1 aromatic carbocycles. The van der Waals surface area contributed by atoms with Gasteiger partial charge in [-0.1, -0.05) is 6.07 Å². The van der Waals surface area contributed by atoms with Crippen LogP contribution < -0.4 is 10.1 Å². The fourth-order valence-corrected chi connectivity index (χ4v) is 1.73. The maximum Gasteiger partial charge on any atom is 0.251 e. The van der Waals surface area contributed by atoms with Crippen molar-refractivity contribution in [3.63, 3.8) is 0 Å². The minimum atomic E-state index is -0.177. The van der Waals surface area contributed by atoms with E-state index in [4.69, 9.17) is 4.74 Å². The molecule has 110 valence electrons. The van der Waals surface area contributed by atoms with Crippen molar-refractivity contribution >= 4 is 11.7 Å². The predicted octanol–water partition coefficient (Wildman–Crippen LogP) is 1.28. The molecule has 1 N–H and O–H groups in total. The van der Waals surface area contributed by atoms with E-state index in [2.05, 4.69) is 10.3 Å². The van der Waals surface area contributed by atoms with Crippen LogP contribution in [0.4, 0.5) is 0 Å². The largest absolute Gasteiger partial charge is 0.486 e. The number of aromatic nitrogens is 2. The number of rotatable bonds is 7. The summed E-state index contributed by atoms with van der Waals surface area (Å²) in [6.45, 7) is 2.62. The molecule has 0 saturated carbocycles. The first-order valence-electron chi connectivity index (χ1n) is 6.61. The molecule has 0 spiro atoms. The van der Waals surface area contributed by atoms with Crippen molar-refractivity contribution in [3.8, 4) is 5.75 Å². The van der Waals surface area contributed by atoms with Crippen molar-refractivity contribution < 1.29 is 14.3 Å². The molecule has 0 aliphatic carbocycles. The molecule has 0 bridgehead atoms. The van der Waals surface area contributed by atoms with Crippen LogP contribution in [0.15, 0.2) is 43.0 Å². The number of amides is 1. The number of imidazole rings is 1. The van der Waals surface area contributed by atoms with Crippen LogP contribution in [0.5, 0.6) is 5.75 Å². The number of nitrogens with one attached hydrogen (secondary N) is 1. The Kier molecular flexibility index (Phi) is 5.09. The summed E-state index contributed by atoms with van der Waals surface area (Å²) in [5.74, 6) is 0.265. The van der Waals surface area contributed by atoms with E-state index in [0.717, 1.165) is 0 Å². The third kappa shape index (κ3) is 4.76. The molecule has 1 heterocycles.